The van der Waals surface area contributed by atoms with Gasteiger partial charge in [0.25, 0.3) is 0 Å². The van der Waals surface area contributed by atoms with Gasteiger partial charge in [-0.1, -0.05) is 31.5 Å². The molecule has 3 aromatic carbocycles. The van der Waals surface area contributed by atoms with Gasteiger partial charge in [-0.05, 0) is 59.5 Å². The van der Waals surface area contributed by atoms with E-state index in [1.54, 1.807) is 0 Å². The Kier molecular flexibility index (Phi) is 6.85. The Hall–Kier alpha value is -3.30. The molecular formula is C23H16F8O2. The maximum atomic E-state index is 14.5. The van der Waals surface area contributed by atoms with E-state index < -0.39 is 41.2 Å². The molecule has 0 saturated heterocycles. The lowest BCUT2D eigenvalue weighted by Crippen LogP contribution is -2.23. The van der Waals surface area contributed by atoms with Gasteiger partial charge in [-0.25, -0.2) is 13.2 Å². The lowest BCUT2D eigenvalue weighted by molar-refractivity contribution is -0.276. The lowest BCUT2D eigenvalue weighted by Gasteiger charge is -2.19. The van der Waals surface area contributed by atoms with Gasteiger partial charge in [0.2, 0.25) is 5.75 Å². The Labute approximate surface area is 183 Å². The number of rotatable bonds is 7. The van der Waals surface area contributed by atoms with E-state index in [0.717, 1.165) is 36.4 Å². The van der Waals surface area contributed by atoms with Crippen LogP contribution >= 0.6 is 0 Å². The Balaban J connectivity index is 1.80. The summed E-state index contributed by atoms with van der Waals surface area (Å²) in [5.74, 6) is -6.32. The molecular weight excluding hydrogens is 460 g/mol. The first-order valence-corrected chi connectivity index (χ1v) is 9.60. The molecule has 0 aromatic heterocycles. The van der Waals surface area contributed by atoms with Crippen molar-refractivity contribution >= 4 is 0 Å². The third-order valence-electron chi connectivity index (χ3n) is 4.54. The zero-order chi connectivity index (χ0) is 24.4. The summed E-state index contributed by atoms with van der Waals surface area (Å²) >= 11 is 0. The minimum absolute atomic E-state index is 0.0946. The maximum Gasteiger partial charge on any atom is 0.573 e. The highest BCUT2D eigenvalue weighted by Gasteiger charge is 2.38. The third kappa shape index (κ3) is 5.94. The van der Waals surface area contributed by atoms with E-state index in [9.17, 15) is 35.1 Å². The average molecular weight is 476 g/mol. The Bertz CT molecular complexity index is 1100. The van der Waals surface area contributed by atoms with Crippen molar-refractivity contribution < 1.29 is 44.6 Å². The second-order valence-electron chi connectivity index (χ2n) is 7.02. The fourth-order valence-corrected chi connectivity index (χ4v) is 3.10. The van der Waals surface area contributed by atoms with Gasteiger partial charge >= 0.3 is 12.5 Å². The molecule has 176 valence electrons. The topological polar surface area (TPSA) is 18.5 Å². The van der Waals surface area contributed by atoms with Crippen LogP contribution in [0.15, 0.2) is 54.6 Å². The van der Waals surface area contributed by atoms with E-state index in [1.165, 1.54) is 6.07 Å². The van der Waals surface area contributed by atoms with E-state index in [2.05, 4.69) is 9.47 Å². The van der Waals surface area contributed by atoms with Crippen molar-refractivity contribution in [3.05, 3.63) is 83.2 Å². The minimum atomic E-state index is -5.29. The monoisotopic (exact) mass is 476 g/mol. The van der Waals surface area contributed by atoms with Crippen LogP contribution in [-0.4, -0.2) is 6.36 Å². The molecule has 0 aliphatic carbocycles. The number of halogens is 8. The number of aryl methyl sites for hydroxylation is 1. The minimum Gasteiger partial charge on any atom is -0.429 e. The number of hydrogen-bond donors (Lipinski definition) is 0. The normalized spacial score (nSPS) is 12.0. The van der Waals surface area contributed by atoms with Crippen LogP contribution in [0.5, 0.6) is 11.5 Å². The highest BCUT2D eigenvalue weighted by Crippen LogP contribution is 2.36. The van der Waals surface area contributed by atoms with E-state index in [0.29, 0.717) is 30.5 Å². The smallest absolute Gasteiger partial charge is 0.429 e. The van der Waals surface area contributed by atoms with Crippen molar-refractivity contribution in [3.8, 4) is 22.6 Å². The summed E-state index contributed by atoms with van der Waals surface area (Å²) in [6.45, 7) is 1.86. The van der Waals surface area contributed by atoms with Crippen LogP contribution in [0, 0.1) is 17.5 Å². The molecule has 0 bridgehead atoms. The third-order valence-corrected chi connectivity index (χ3v) is 4.54. The van der Waals surface area contributed by atoms with Gasteiger partial charge in [0, 0.05) is 0 Å². The van der Waals surface area contributed by atoms with Crippen LogP contribution in [0.4, 0.5) is 35.1 Å². The van der Waals surface area contributed by atoms with Gasteiger partial charge in [0.15, 0.2) is 11.6 Å². The van der Waals surface area contributed by atoms with Crippen molar-refractivity contribution in [2.45, 2.75) is 32.2 Å². The average Bonchev–Trinajstić information content (AvgIpc) is 2.70. The van der Waals surface area contributed by atoms with Gasteiger partial charge in [-0.15, -0.1) is 13.2 Å². The number of alkyl halides is 5. The summed E-state index contributed by atoms with van der Waals surface area (Å²) in [4.78, 5) is 0. The first-order valence-electron chi connectivity index (χ1n) is 9.60. The second-order valence-corrected chi connectivity index (χ2v) is 7.02. The summed E-state index contributed by atoms with van der Waals surface area (Å²) in [6.07, 6.45) is -8.06. The highest BCUT2D eigenvalue weighted by molar-refractivity contribution is 5.65. The molecule has 2 nitrogen and oxygen atoms in total. The number of hydrogen-bond acceptors (Lipinski definition) is 2. The molecule has 0 fully saturated rings. The van der Waals surface area contributed by atoms with E-state index in [4.69, 9.17) is 0 Å². The van der Waals surface area contributed by atoms with Crippen molar-refractivity contribution in [2.24, 2.45) is 0 Å². The summed E-state index contributed by atoms with van der Waals surface area (Å²) in [5.41, 5.74) is -0.478. The van der Waals surface area contributed by atoms with Crippen molar-refractivity contribution in [2.75, 3.05) is 0 Å². The van der Waals surface area contributed by atoms with Crippen molar-refractivity contribution in [1.82, 2.24) is 0 Å². The molecule has 0 radical (unpaired) electrons. The Morgan fingerprint density at radius 3 is 1.82 bits per heavy atom. The predicted molar refractivity (Wildman–Crippen MR) is 103 cm³/mol. The van der Waals surface area contributed by atoms with Crippen LogP contribution in [0.25, 0.3) is 11.1 Å². The summed E-state index contributed by atoms with van der Waals surface area (Å²) in [6, 6.07) is 8.92. The van der Waals surface area contributed by atoms with Crippen LogP contribution < -0.4 is 9.47 Å². The summed E-state index contributed by atoms with van der Waals surface area (Å²) in [7, 11) is 0. The molecule has 0 aliphatic rings. The zero-order valence-electron chi connectivity index (χ0n) is 17.0. The molecule has 0 saturated carbocycles. The summed E-state index contributed by atoms with van der Waals surface area (Å²) < 4.78 is 116. The molecule has 0 aliphatic heterocycles. The molecule has 3 rings (SSSR count). The standard InChI is InChI=1S/C23H16F8O2/c1-2-3-13-4-9-17(18(24)10-13)22(27,28)32-16-7-5-14(6-8-16)15-11-19(25)21(20(26)12-15)33-23(29,30)31/h4-12H,2-3H2,1H3. The predicted octanol–water partition coefficient (Wildman–Crippen LogP) is 7.75. The van der Waals surface area contributed by atoms with E-state index in [1.807, 2.05) is 6.92 Å². The maximum absolute atomic E-state index is 14.5. The zero-order valence-corrected chi connectivity index (χ0v) is 17.0. The van der Waals surface area contributed by atoms with E-state index in [-0.39, 0.29) is 16.9 Å². The van der Waals surface area contributed by atoms with Crippen molar-refractivity contribution in [1.29, 1.82) is 0 Å². The quantitative estimate of drug-likeness (QED) is 0.325. The number of ether oxygens (including phenoxy) is 2. The molecule has 0 spiro atoms. The van der Waals surface area contributed by atoms with Gasteiger partial charge in [-0.2, -0.15) is 8.78 Å². The first-order chi connectivity index (χ1) is 15.4. The molecule has 10 heteroatoms. The molecule has 0 atom stereocenters. The van der Waals surface area contributed by atoms with Crippen molar-refractivity contribution in [3.63, 3.8) is 0 Å². The summed E-state index contributed by atoms with van der Waals surface area (Å²) in [5, 5.41) is 0. The highest BCUT2D eigenvalue weighted by atomic mass is 19.4. The second kappa shape index (κ2) is 9.29. The van der Waals surface area contributed by atoms with Gasteiger partial charge < -0.3 is 9.47 Å². The Morgan fingerprint density at radius 2 is 1.30 bits per heavy atom. The molecule has 0 heterocycles. The van der Waals surface area contributed by atoms with Crippen LogP contribution in [0.1, 0.15) is 24.5 Å². The van der Waals surface area contributed by atoms with Crippen LogP contribution in [0.3, 0.4) is 0 Å². The van der Waals surface area contributed by atoms with Crippen LogP contribution in [-0.2, 0) is 12.5 Å². The van der Waals surface area contributed by atoms with Gasteiger partial charge in [-0.3, -0.25) is 0 Å². The lowest BCUT2D eigenvalue weighted by atomic mass is 10.0. The molecule has 3 aromatic rings. The van der Waals surface area contributed by atoms with Crippen LogP contribution in [0.2, 0.25) is 0 Å². The fraction of sp³-hybridized carbons (Fsp3) is 0.217. The molecule has 33 heavy (non-hydrogen) atoms. The van der Waals surface area contributed by atoms with Gasteiger partial charge in [0.05, 0.1) is 5.56 Å². The molecule has 0 amide bonds. The Morgan fingerprint density at radius 1 is 0.697 bits per heavy atom. The van der Waals surface area contributed by atoms with E-state index >= 15 is 0 Å². The first kappa shape index (κ1) is 24.3. The number of benzene rings is 3. The molecule has 0 N–H and O–H groups in total. The SMILES string of the molecule is CCCc1ccc(C(F)(F)Oc2ccc(-c3cc(F)c(OC(F)(F)F)c(F)c3)cc2)c(F)c1. The molecule has 0 unspecified atom stereocenters. The fourth-order valence-electron chi connectivity index (χ4n) is 3.10. The largest absolute Gasteiger partial charge is 0.573 e. The van der Waals surface area contributed by atoms with Gasteiger partial charge in [0.1, 0.15) is 11.6 Å².